The van der Waals surface area contributed by atoms with E-state index in [1.807, 2.05) is 37.3 Å². The molecule has 3 heteroatoms. The highest BCUT2D eigenvalue weighted by Gasteiger charge is 2.08. The molecule has 0 saturated carbocycles. The molecule has 0 aliphatic carbocycles. The molecule has 2 nitrogen and oxygen atoms in total. The van der Waals surface area contributed by atoms with E-state index < -0.39 is 10.8 Å². The maximum absolute atomic E-state index is 11.8. The van der Waals surface area contributed by atoms with E-state index in [9.17, 15) is 4.21 Å². The Labute approximate surface area is 87.4 Å². The molecule has 0 aliphatic heterocycles. The Morgan fingerprint density at radius 2 is 2.00 bits per heavy atom. The van der Waals surface area contributed by atoms with Gasteiger partial charge in [-0.15, -0.1) is 0 Å². The normalized spacial score (nSPS) is 15.0. The summed E-state index contributed by atoms with van der Waals surface area (Å²) in [6, 6.07) is 9.45. The van der Waals surface area contributed by atoms with Gasteiger partial charge in [-0.3, -0.25) is 4.21 Å². The first-order valence-electron chi connectivity index (χ1n) is 4.78. The first-order chi connectivity index (χ1) is 6.74. The van der Waals surface area contributed by atoms with Gasteiger partial charge >= 0.3 is 0 Å². The molecular formula is C11H16O2S. The molecule has 0 heterocycles. The SMILES string of the molecule is C[C@H](CCO)CS(=O)c1ccccc1. The van der Waals surface area contributed by atoms with E-state index in [4.69, 9.17) is 5.11 Å². The first kappa shape index (κ1) is 11.4. The Kier molecular flexibility index (Phi) is 4.84. The lowest BCUT2D eigenvalue weighted by Gasteiger charge is -2.08. The van der Waals surface area contributed by atoms with Gasteiger partial charge in [0.1, 0.15) is 0 Å². The molecule has 1 unspecified atom stereocenters. The molecule has 0 saturated heterocycles. The second-order valence-electron chi connectivity index (χ2n) is 3.44. The summed E-state index contributed by atoms with van der Waals surface area (Å²) < 4.78 is 11.8. The molecule has 14 heavy (non-hydrogen) atoms. The topological polar surface area (TPSA) is 37.3 Å². The standard InChI is InChI=1S/C11H16O2S/c1-10(7-8-12)9-14(13)11-5-3-2-4-6-11/h2-6,10,12H,7-9H2,1H3/t10-,14?/m1/s1. The molecule has 2 atom stereocenters. The predicted octanol–water partition coefficient (Wildman–Crippen LogP) is 1.81. The zero-order valence-corrected chi connectivity index (χ0v) is 9.17. The van der Waals surface area contributed by atoms with Crippen LogP contribution in [0.25, 0.3) is 0 Å². The van der Waals surface area contributed by atoms with Crippen molar-refractivity contribution in [3.05, 3.63) is 30.3 Å². The number of rotatable bonds is 5. The van der Waals surface area contributed by atoms with Crippen molar-refractivity contribution >= 4 is 10.8 Å². The van der Waals surface area contributed by atoms with Gasteiger partial charge in [-0.25, -0.2) is 0 Å². The van der Waals surface area contributed by atoms with Crippen LogP contribution in [0.5, 0.6) is 0 Å². The number of hydrogen-bond donors (Lipinski definition) is 1. The van der Waals surface area contributed by atoms with Crippen molar-refractivity contribution in [2.75, 3.05) is 12.4 Å². The highest BCUT2D eigenvalue weighted by molar-refractivity contribution is 7.85. The number of aliphatic hydroxyl groups excluding tert-OH is 1. The van der Waals surface area contributed by atoms with Crippen LogP contribution in [0, 0.1) is 5.92 Å². The van der Waals surface area contributed by atoms with E-state index in [-0.39, 0.29) is 6.61 Å². The third-order valence-electron chi connectivity index (χ3n) is 2.06. The maximum Gasteiger partial charge on any atom is 0.0532 e. The maximum atomic E-state index is 11.8. The van der Waals surface area contributed by atoms with Crippen LogP contribution in [0.1, 0.15) is 13.3 Å². The van der Waals surface area contributed by atoms with Crippen molar-refractivity contribution in [2.24, 2.45) is 5.92 Å². The number of aliphatic hydroxyl groups is 1. The Balaban J connectivity index is 2.51. The summed E-state index contributed by atoms with van der Waals surface area (Å²) in [4.78, 5) is 0.872. The van der Waals surface area contributed by atoms with Crippen molar-refractivity contribution in [2.45, 2.75) is 18.2 Å². The summed E-state index contributed by atoms with van der Waals surface area (Å²) in [5.41, 5.74) is 0. The fourth-order valence-electron chi connectivity index (χ4n) is 1.23. The van der Waals surface area contributed by atoms with Crippen molar-refractivity contribution in [1.29, 1.82) is 0 Å². The average molecular weight is 212 g/mol. The Morgan fingerprint density at radius 1 is 1.36 bits per heavy atom. The van der Waals surface area contributed by atoms with Gasteiger partial charge in [0.2, 0.25) is 0 Å². The van der Waals surface area contributed by atoms with Gasteiger partial charge in [0.25, 0.3) is 0 Å². The van der Waals surface area contributed by atoms with Crippen LogP contribution in [0.15, 0.2) is 35.2 Å². The smallest absolute Gasteiger partial charge is 0.0532 e. The largest absolute Gasteiger partial charge is 0.396 e. The second kappa shape index (κ2) is 5.94. The summed E-state index contributed by atoms with van der Waals surface area (Å²) >= 11 is 0. The van der Waals surface area contributed by atoms with Gasteiger partial charge in [-0.1, -0.05) is 25.1 Å². The van der Waals surface area contributed by atoms with Crippen LogP contribution in [0.4, 0.5) is 0 Å². The van der Waals surface area contributed by atoms with Crippen molar-refractivity contribution in [1.82, 2.24) is 0 Å². The van der Waals surface area contributed by atoms with Gasteiger partial charge in [0, 0.05) is 17.3 Å². The summed E-state index contributed by atoms with van der Waals surface area (Å²) in [6.07, 6.45) is 0.721. The molecule has 1 rings (SSSR count). The molecule has 0 aromatic heterocycles. The summed E-state index contributed by atoms with van der Waals surface area (Å²) in [6.45, 7) is 2.18. The minimum Gasteiger partial charge on any atom is -0.396 e. The molecule has 0 amide bonds. The Bertz CT molecular complexity index is 285. The minimum absolute atomic E-state index is 0.174. The molecule has 1 N–H and O–H groups in total. The number of benzene rings is 1. The van der Waals surface area contributed by atoms with Crippen LogP contribution in [0.2, 0.25) is 0 Å². The van der Waals surface area contributed by atoms with E-state index in [0.717, 1.165) is 11.3 Å². The highest BCUT2D eigenvalue weighted by atomic mass is 32.2. The molecule has 0 bridgehead atoms. The highest BCUT2D eigenvalue weighted by Crippen LogP contribution is 2.11. The first-order valence-corrected chi connectivity index (χ1v) is 6.10. The lowest BCUT2D eigenvalue weighted by molar-refractivity contribution is 0.268. The van der Waals surface area contributed by atoms with Gasteiger partial charge in [0.05, 0.1) is 10.8 Å². The number of hydrogen-bond acceptors (Lipinski definition) is 2. The molecule has 0 spiro atoms. The summed E-state index contributed by atoms with van der Waals surface area (Å²) in [5, 5.41) is 8.72. The molecular weight excluding hydrogens is 196 g/mol. The van der Waals surface area contributed by atoms with Gasteiger partial charge < -0.3 is 5.11 Å². The lowest BCUT2D eigenvalue weighted by Crippen LogP contribution is -2.09. The Hall–Kier alpha value is -0.670. The lowest BCUT2D eigenvalue weighted by atomic mass is 10.1. The predicted molar refractivity (Wildman–Crippen MR) is 58.6 cm³/mol. The van der Waals surface area contributed by atoms with Crippen molar-refractivity contribution in [3.8, 4) is 0 Å². The molecule has 78 valence electrons. The molecule has 0 radical (unpaired) electrons. The van der Waals surface area contributed by atoms with Crippen LogP contribution in [-0.2, 0) is 10.8 Å². The zero-order valence-electron chi connectivity index (χ0n) is 8.35. The second-order valence-corrected chi connectivity index (χ2v) is 4.94. The van der Waals surface area contributed by atoms with E-state index in [0.29, 0.717) is 11.7 Å². The van der Waals surface area contributed by atoms with Gasteiger partial charge in [0.15, 0.2) is 0 Å². The van der Waals surface area contributed by atoms with E-state index in [2.05, 4.69) is 0 Å². The van der Waals surface area contributed by atoms with Crippen LogP contribution in [-0.4, -0.2) is 21.7 Å². The summed E-state index contributed by atoms with van der Waals surface area (Å²) in [5.74, 6) is 0.936. The van der Waals surface area contributed by atoms with E-state index in [1.54, 1.807) is 0 Å². The summed E-state index contributed by atoms with van der Waals surface area (Å²) in [7, 11) is -0.926. The minimum atomic E-state index is -0.926. The Morgan fingerprint density at radius 3 is 2.57 bits per heavy atom. The third-order valence-corrected chi connectivity index (χ3v) is 3.73. The van der Waals surface area contributed by atoms with Gasteiger partial charge in [-0.2, -0.15) is 0 Å². The average Bonchev–Trinajstić information content (AvgIpc) is 2.19. The van der Waals surface area contributed by atoms with Crippen LogP contribution in [0.3, 0.4) is 0 Å². The molecule has 1 aromatic carbocycles. The van der Waals surface area contributed by atoms with Crippen molar-refractivity contribution in [3.63, 3.8) is 0 Å². The van der Waals surface area contributed by atoms with Gasteiger partial charge in [-0.05, 0) is 24.5 Å². The molecule has 0 aliphatic rings. The third kappa shape index (κ3) is 3.60. The van der Waals surface area contributed by atoms with E-state index >= 15 is 0 Å². The zero-order chi connectivity index (χ0) is 10.4. The quantitative estimate of drug-likeness (QED) is 0.808. The fourth-order valence-corrected chi connectivity index (χ4v) is 2.57. The van der Waals surface area contributed by atoms with Crippen LogP contribution >= 0.6 is 0 Å². The fraction of sp³-hybridized carbons (Fsp3) is 0.455. The van der Waals surface area contributed by atoms with E-state index in [1.165, 1.54) is 0 Å². The van der Waals surface area contributed by atoms with Crippen molar-refractivity contribution < 1.29 is 9.32 Å². The molecule has 1 aromatic rings. The van der Waals surface area contributed by atoms with Crippen LogP contribution < -0.4 is 0 Å². The molecule has 0 fully saturated rings. The monoisotopic (exact) mass is 212 g/mol.